The predicted molar refractivity (Wildman–Crippen MR) is 71.9 cm³/mol. The molecule has 0 aliphatic carbocycles. The minimum atomic E-state index is -3.60. The standard InChI is InChI=1S/C11H13ClN4O3S/c12-10-5-9(1-2-13-10)20(18,19)15-3-4-16-8(7-15)6-14-11(16)17/h1-2,5,8H,3-4,6-7H2,(H,14,17). The summed E-state index contributed by atoms with van der Waals surface area (Å²) in [6, 6.07) is 2.52. The molecule has 2 fully saturated rings. The molecule has 0 radical (unpaired) electrons. The number of pyridine rings is 1. The highest BCUT2D eigenvalue weighted by atomic mass is 35.5. The highest BCUT2D eigenvalue weighted by Crippen LogP contribution is 2.22. The van der Waals surface area contributed by atoms with Gasteiger partial charge in [0.05, 0.1) is 10.9 Å². The maximum Gasteiger partial charge on any atom is 0.317 e. The van der Waals surface area contributed by atoms with Crippen LogP contribution in [0.3, 0.4) is 0 Å². The van der Waals surface area contributed by atoms with Gasteiger partial charge in [-0.15, -0.1) is 0 Å². The van der Waals surface area contributed by atoms with Gasteiger partial charge in [0.1, 0.15) is 5.15 Å². The SMILES string of the molecule is O=C1NCC2CN(S(=O)(=O)c3ccnc(Cl)c3)CCN12. The second kappa shape index (κ2) is 4.87. The molecule has 7 nitrogen and oxygen atoms in total. The molecule has 2 aliphatic rings. The number of hydrogen-bond donors (Lipinski definition) is 1. The Morgan fingerprint density at radius 2 is 2.20 bits per heavy atom. The maximum absolute atomic E-state index is 12.5. The number of hydrogen-bond acceptors (Lipinski definition) is 4. The van der Waals surface area contributed by atoms with Crippen molar-refractivity contribution < 1.29 is 13.2 Å². The summed E-state index contributed by atoms with van der Waals surface area (Å²) < 4.78 is 26.4. The van der Waals surface area contributed by atoms with E-state index in [0.717, 1.165) is 0 Å². The first-order valence-electron chi connectivity index (χ1n) is 6.14. The Bertz CT molecular complexity index is 651. The number of sulfonamides is 1. The molecule has 0 aromatic carbocycles. The second-order valence-electron chi connectivity index (χ2n) is 4.71. The molecular weight excluding hydrogens is 304 g/mol. The Morgan fingerprint density at radius 1 is 1.40 bits per heavy atom. The van der Waals surface area contributed by atoms with Gasteiger partial charge >= 0.3 is 6.03 Å². The molecule has 1 aromatic rings. The van der Waals surface area contributed by atoms with E-state index in [-0.39, 0.29) is 28.7 Å². The van der Waals surface area contributed by atoms with Crippen LogP contribution in [0.5, 0.6) is 0 Å². The van der Waals surface area contributed by atoms with Gasteiger partial charge in [0.15, 0.2) is 0 Å². The summed E-state index contributed by atoms with van der Waals surface area (Å²) in [6.45, 7) is 1.45. The maximum atomic E-state index is 12.5. The van der Waals surface area contributed by atoms with Crippen molar-refractivity contribution in [2.45, 2.75) is 10.9 Å². The smallest absolute Gasteiger partial charge is 0.317 e. The zero-order valence-corrected chi connectivity index (χ0v) is 12.1. The zero-order chi connectivity index (χ0) is 14.3. The summed E-state index contributed by atoms with van der Waals surface area (Å²) in [5.74, 6) is 0. The van der Waals surface area contributed by atoms with Gasteiger partial charge < -0.3 is 10.2 Å². The van der Waals surface area contributed by atoms with Crippen LogP contribution in [0.2, 0.25) is 5.15 Å². The number of nitrogens with zero attached hydrogens (tertiary/aromatic N) is 3. The number of amides is 2. The van der Waals surface area contributed by atoms with Gasteiger partial charge in [-0.1, -0.05) is 11.6 Å². The van der Waals surface area contributed by atoms with Crippen LogP contribution >= 0.6 is 11.6 Å². The fourth-order valence-corrected chi connectivity index (χ4v) is 4.21. The van der Waals surface area contributed by atoms with Crippen LogP contribution in [0.25, 0.3) is 0 Å². The topological polar surface area (TPSA) is 82.6 Å². The third-order valence-electron chi connectivity index (χ3n) is 3.53. The number of carbonyl (C=O) groups is 1. The Kier molecular flexibility index (Phi) is 3.31. The van der Waals surface area contributed by atoms with E-state index in [2.05, 4.69) is 10.3 Å². The van der Waals surface area contributed by atoms with Crippen LogP contribution in [0.1, 0.15) is 0 Å². The molecule has 20 heavy (non-hydrogen) atoms. The molecule has 108 valence electrons. The van der Waals surface area contributed by atoms with Crippen molar-refractivity contribution in [2.24, 2.45) is 0 Å². The van der Waals surface area contributed by atoms with Gasteiger partial charge in [-0.2, -0.15) is 4.31 Å². The molecule has 2 aliphatic heterocycles. The molecule has 2 amide bonds. The minimum Gasteiger partial charge on any atom is -0.336 e. The van der Waals surface area contributed by atoms with Crippen LogP contribution in [0.15, 0.2) is 23.2 Å². The van der Waals surface area contributed by atoms with Crippen LogP contribution in [0, 0.1) is 0 Å². The number of aromatic nitrogens is 1. The monoisotopic (exact) mass is 316 g/mol. The predicted octanol–water partition coefficient (Wildman–Crippen LogP) is 0.133. The van der Waals surface area contributed by atoms with Crippen LogP contribution in [-0.2, 0) is 10.0 Å². The number of piperazine rings is 1. The fraction of sp³-hybridized carbons (Fsp3) is 0.455. The molecule has 2 saturated heterocycles. The zero-order valence-electron chi connectivity index (χ0n) is 10.5. The van der Waals surface area contributed by atoms with Crippen molar-refractivity contribution in [2.75, 3.05) is 26.2 Å². The van der Waals surface area contributed by atoms with E-state index in [1.807, 2.05) is 0 Å². The van der Waals surface area contributed by atoms with E-state index in [1.165, 1.54) is 22.6 Å². The van der Waals surface area contributed by atoms with Crippen LogP contribution in [0.4, 0.5) is 4.79 Å². The van der Waals surface area contributed by atoms with Crippen LogP contribution in [-0.4, -0.2) is 60.9 Å². The quantitative estimate of drug-likeness (QED) is 0.786. The van der Waals surface area contributed by atoms with E-state index in [4.69, 9.17) is 11.6 Å². The molecule has 1 N–H and O–H groups in total. The van der Waals surface area contributed by atoms with Gasteiger partial charge in [0.2, 0.25) is 10.0 Å². The summed E-state index contributed by atoms with van der Waals surface area (Å²) in [6.07, 6.45) is 1.37. The van der Waals surface area contributed by atoms with E-state index in [1.54, 1.807) is 4.90 Å². The Labute approximate surface area is 121 Å². The molecule has 0 bridgehead atoms. The minimum absolute atomic E-state index is 0.108. The average Bonchev–Trinajstić information content (AvgIpc) is 2.80. The van der Waals surface area contributed by atoms with Gasteiger partial charge in [-0.25, -0.2) is 18.2 Å². The molecule has 1 aromatic heterocycles. The molecule has 0 saturated carbocycles. The summed E-state index contributed by atoms with van der Waals surface area (Å²) in [7, 11) is -3.60. The van der Waals surface area contributed by atoms with E-state index in [9.17, 15) is 13.2 Å². The van der Waals surface area contributed by atoms with Crippen molar-refractivity contribution in [1.29, 1.82) is 0 Å². The van der Waals surface area contributed by atoms with Crippen molar-refractivity contribution in [3.8, 4) is 0 Å². The summed E-state index contributed by atoms with van der Waals surface area (Å²) >= 11 is 5.74. The number of fused-ring (bicyclic) bond motifs is 1. The molecule has 3 heterocycles. The number of urea groups is 1. The first-order chi connectivity index (χ1) is 9.48. The molecule has 1 unspecified atom stereocenters. The summed E-state index contributed by atoms with van der Waals surface area (Å²) in [5, 5.41) is 2.86. The van der Waals surface area contributed by atoms with E-state index < -0.39 is 10.0 Å². The number of nitrogens with one attached hydrogen (secondary N) is 1. The van der Waals surface area contributed by atoms with Gasteiger partial charge in [-0.3, -0.25) is 0 Å². The Balaban J connectivity index is 1.84. The number of halogens is 1. The highest BCUT2D eigenvalue weighted by Gasteiger charge is 2.39. The highest BCUT2D eigenvalue weighted by molar-refractivity contribution is 7.89. The molecule has 3 rings (SSSR count). The summed E-state index contributed by atoms with van der Waals surface area (Å²) in [5.41, 5.74) is 0. The lowest BCUT2D eigenvalue weighted by atomic mass is 10.2. The third kappa shape index (κ3) is 2.23. The lowest BCUT2D eigenvalue weighted by molar-refractivity contribution is 0.164. The average molecular weight is 317 g/mol. The molecule has 9 heteroatoms. The normalized spacial score (nSPS) is 23.6. The van der Waals surface area contributed by atoms with Crippen molar-refractivity contribution in [3.05, 3.63) is 23.5 Å². The summed E-state index contributed by atoms with van der Waals surface area (Å²) in [4.78, 5) is 17.1. The Hall–Kier alpha value is -1.38. The fourth-order valence-electron chi connectivity index (χ4n) is 2.49. The van der Waals surface area contributed by atoms with Crippen LogP contribution < -0.4 is 5.32 Å². The van der Waals surface area contributed by atoms with Gasteiger partial charge in [-0.05, 0) is 12.1 Å². The van der Waals surface area contributed by atoms with E-state index >= 15 is 0 Å². The number of rotatable bonds is 2. The lowest BCUT2D eigenvalue weighted by Crippen LogP contribution is -2.53. The van der Waals surface area contributed by atoms with Gasteiger partial charge in [0.25, 0.3) is 0 Å². The van der Waals surface area contributed by atoms with E-state index in [0.29, 0.717) is 19.6 Å². The van der Waals surface area contributed by atoms with Gasteiger partial charge in [0, 0.05) is 32.4 Å². The lowest BCUT2D eigenvalue weighted by Gasteiger charge is -2.35. The first-order valence-corrected chi connectivity index (χ1v) is 7.96. The van der Waals surface area contributed by atoms with Crippen molar-refractivity contribution in [3.63, 3.8) is 0 Å². The van der Waals surface area contributed by atoms with Crippen molar-refractivity contribution >= 4 is 27.7 Å². The van der Waals surface area contributed by atoms with Crippen molar-refractivity contribution in [1.82, 2.24) is 19.5 Å². The Morgan fingerprint density at radius 3 is 2.95 bits per heavy atom. The molecular formula is C11H13ClN4O3S. The molecule has 0 spiro atoms. The molecule has 1 atom stereocenters. The second-order valence-corrected chi connectivity index (χ2v) is 7.04. The first kappa shape index (κ1) is 13.6. The number of carbonyl (C=O) groups excluding carboxylic acids is 1. The third-order valence-corrected chi connectivity index (χ3v) is 5.60. The largest absolute Gasteiger partial charge is 0.336 e.